The molecule has 7 N–H and O–H groups in total. The first-order valence-electron chi connectivity index (χ1n) is 11.4. The van der Waals surface area contributed by atoms with Gasteiger partial charge in [0.05, 0.1) is 48.8 Å². The number of guanidine groups is 1. The summed E-state index contributed by atoms with van der Waals surface area (Å²) in [5.74, 6) is -2.12. The summed E-state index contributed by atoms with van der Waals surface area (Å²) in [5.41, 5.74) is -0.360. The van der Waals surface area contributed by atoms with Gasteiger partial charge in [0, 0.05) is 23.3 Å². The molecule has 2 unspecified atom stereocenters. The highest BCUT2D eigenvalue weighted by Crippen LogP contribution is 2.36. The number of carbonyl (C=O) groups is 3. The predicted octanol–water partition coefficient (Wildman–Crippen LogP) is 0.660. The number of β-amino-alcohol motifs (C(OH)–C–C–N with tert-alkyl or cyclic N) is 1. The van der Waals surface area contributed by atoms with Gasteiger partial charge < -0.3 is 41.2 Å². The molecule has 1 aliphatic rings. The fourth-order valence-electron chi connectivity index (χ4n) is 3.44. The number of aromatic hydroxyl groups is 1. The molecule has 0 bridgehead atoms. The first-order valence-corrected chi connectivity index (χ1v) is 12.2. The van der Waals surface area contributed by atoms with Crippen LogP contribution in [0.4, 0.5) is 5.69 Å². The number of aliphatic hydroxyl groups excluding tert-OH is 1. The molecular weight excluding hydrogens is 543 g/mol. The average Bonchev–Trinajstić information content (AvgIpc) is 2.87. The third-order valence-electron chi connectivity index (χ3n) is 5.24. The fraction of sp³-hybridized carbons (Fsp3) is 0.348. The molecule has 38 heavy (non-hydrogen) atoms. The van der Waals surface area contributed by atoms with E-state index in [1.807, 2.05) is 0 Å². The van der Waals surface area contributed by atoms with Gasteiger partial charge in [-0.1, -0.05) is 23.2 Å². The highest BCUT2D eigenvalue weighted by molar-refractivity contribution is 6.35. The molecule has 0 aliphatic carbocycles. The maximum absolute atomic E-state index is 12.7. The lowest BCUT2D eigenvalue weighted by atomic mass is 10.0. The third-order valence-corrected chi connectivity index (χ3v) is 5.74. The van der Waals surface area contributed by atoms with Gasteiger partial charge >= 0.3 is 5.97 Å². The standard InChI is InChI=1S/C23H26Cl2N6O7/c1-2-38-19(34)6-16(14-4-12(24)5-15(25)20(14)35)30-18(33)10-27-21(36)11-3-17(22(37)26-7-11)31-23-28-8-13(32)9-29-23/h3-5,7,13,16,32,35H,2,6,8-10H2,1H3,(H,26,37)(H,27,36)(H,30,33)(H2,28,29,31). The molecule has 15 heteroatoms. The molecule has 2 amide bonds. The summed E-state index contributed by atoms with van der Waals surface area (Å²) < 4.78 is 4.94. The topological polar surface area (TPSA) is 194 Å². The fourth-order valence-corrected chi connectivity index (χ4v) is 3.94. The van der Waals surface area contributed by atoms with Crippen molar-refractivity contribution in [1.82, 2.24) is 20.9 Å². The number of phenolic OH excluding ortho intramolecular Hbond substituents is 1. The number of nitrogens with one attached hydrogen (secondary N) is 5. The van der Waals surface area contributed by atoms with E-state index >= 15 is 0 Å². The minimum Gasteiger partial charge on any atom is -0.506 e. The van der Waals surface area contributed by atoms with Crippen LogP contribution in [0.1, 0.15) is 35.3 Å². The van der Waals surface area contributed by atoms with E-state index in [0.29, 0.717) is 0 Å². The van der Waals surface area contributed by atoms with Crippen molar-refractivity contribution in [2.75, 3.05) is 31.6 Å². The number of ether oxygens (including phenoxy) is 1. The lowest BCUT2D eigenvalue weighted by molar-refractivity contribution is -0.143. The molecule has 0 fully saturated rings. The van der Waals surface area contributed by atoms with Crippen molar-refractivity contribution < 1.29 is 29.3 Å². The molecule has 3 rings (SSSR count). The molecule has 13 nitrogen and oxygen atoms in total. The Bertz CT molecular complexity index is 1300. The molecule has 0 saturated carbocycles. The lowest BCUT2D eigenvalue weighted by Crippen LogP contribution is -2.43. The van der Waals surface area contributed by atoms with Crippen molar-refractivity contribution in [2.24, 2.45) is 4.99 Å². The number of phenols is 1. The number of pyridine rings is 1. The number of aromatic nitrogens is 1. The van der Waals surface area contributed by atoms with Gasteiger partial charge in [-0.05, 0) is 25.1 Å². The van der Waals surface area contributed by atoms with Crippen LogP contribution < -0.4 is 26.8 Å². The van der Waals surface area contributed by atoms with Gasteiger partial charge in [0.2, 0.25) is 5.91 Å². The maximum Gasteiger partial charge on any atom is 0.308 e. The number of amides is 2. The molecule has 0 radical (unpaired) electrons. The zero-order valence-electron chi connectivity index (χ0n) is 20.1. The molecular formula is C23H26Cl2N6O7. The van der Waals surface area contributed by atoms with E-state index in [1.54, 1.807) is 6.92 Å². The second-order valence-corrected chi connectivity index (χ2v) is 8.96. The number of carbonyl (C=O) groups excluding carboxylic acids is 3. The average molecular weight is 569 g/mol. The molecule has 2 atom stereocenters. The zero-order valence-corrected chi connectivity index (χ0v) is 21.7. The molecule has 204 valence electrons. The first kappa shape index (κ1) is 28.8. The molecule has 1 aromatic heterocycles. The molecule has 0 saturated heterocycles. The van der Waals surface area contributed by atoms with Gasteiger partial charge in [0.15, 0.2) is 5.96 Å². The van der Waals surface area contributed by atoms with Gasteiger partial charge in [-0.25, -0.2) is 0 Å². The van der Waals surface area contributed by atoms with E-state index in [0.717, 1.165) is 0 Å². The summed E-state index contributed by atoms with van der Waals surface area (Å²) in [6, 6.07) is 2.88. The second kappa shape index (κ2) is 13.1. The van der Waals surface area contributed by atoms with Crippen LogP contribution in [0.2, 0.25) is 10.0 Å². The Morgan fingerprint density at radius 1 is 1.26 bits per heavy atom. The Morgan fingerprint density at radius 2 is 2.03 bits per heavy atom. The van der Waals surface area contributed by atoms with Gasteiger partial charge in [-0.3, -0.25) is 24.2 Å². The van der Waals surface area contributed by atoms with E-state index in [1.165, 1.54) is 24.4 Å². The van der Waals surface area contributed by atoms with Gasteiger partial charge in [0.25, 0.3) is 11.5 Å². The number of anilines is 1. The summed E-state index contributed by atoms with van der Waals surface area (Å²) in [4.78, 5) is 56.0. The zero-order chi connectivity index (χ0) is 27.8. The van der Waals surface area contributed by atoms with Crippen molar-refractivity contribution in [3.63, 3.8) is 0 Å². The number of esters is 1. The van der Waals surface area contributed by atoms with Gasteiger partial charge in [-0.15, -0.1) is 0 Å². The number of aromatic amines is 1. The Kier molecular flexibility index (Phi) is 9.93. The minimum absolute atomic E-state index is 0.0209. The summed E-state index contributed by atoms with van der Waals surface area (Å²) in [6.07, 6.45) is 0.205. The Hall–Kier alpha value is -3.81. The van der Waals surface area contributed by atoms with E-state index in [-0.39, 0.29) is 64.7 Å². The van der Waals surface area contributed by atoms with Crippen LogP contribution in [0.5, 0.6) is 5.75 Å². The highest BCUT2D eigenvalue weighted by Gasteiger charge is 2.24. The summed E-state index contributed by atoms with van der Waals surface area (Å²) >= 11 is 12.0. The van der Waals surface area contributed by atoms with E-state index in [4.69, 9.17) is 27.9 Å². The van der Waals surface area contributed by atoms with Gasteiger partial charge in [-0.2, -0.15) is 0 Å². The first-order chi connectivity index (χ1) is 18.1. The summed E-state index contributed by atoms with van der Waals surface area (Å²) in [5, 5.41) is 30.5. The van der Waals surface area contributed by atoms with Crippen LogP contribution in [-0.2, 0) is 14.3 Å². The summed E-state index contributed by atoms with van der Waals surface area (Å²) in [7, 11) is 0. The normalized spacial score (nSPS) is 15.5. The van der Waals surface area contributed by atoms with Crippen LogP contribution in [0.3, 0.4) is 0 Å². The maximum atomic E-state index is 12.7. The van der Waals surface area contributed by atoms with Crippen LogP contribution >= 0.6 is 23.2 Å². The van der Waals surface area contributed by atoms with E-state index < -0.39 is 42.0 Å². The number of hydrogen-bond donors (Lipinski definition) is 7. The molecule has 1 aliphatic heterocycles. The van der Waals surface area contributed by atoms with Gasteiger partial charge in [0.1, 0.15) is 11.4 Å². The number of rotatable bonds is 9. The van der Waals surface area contributed by atoms with Crippen LogP contribution in [0, 0.1) is 0 Å². The Labute approximate surface area is 226 Å². The SMILES string of the molecule is CCOC(=O)CC(NC(=O)CNC(=O)c1c[nH]c(=O)c(NC2=NCC(O)CN2)c1)c1cc(Cl)cc(Cl)c1O. The van der Waals surface area contributed by atoms with Crippen molar-refractivity contribution in [1.29, 1.82) is 0 Å². The molecule has 1 aromatic carbocycles. The third kappa shape index (κ3) is 7.84. The second-order valence-electron chi connectivity index (χ2n) is 8.12. The Balaban J connectivity index is 1.67. The van der Waals surface area contributed by atoms with E-state index in [2.05, 4.69) is 31.2 Å². The van der Waals surface area contributed by atoms with Crippen molar-refractivity contribution in [3.8, 4) is 5.75 Å². The number of nitrogens with zero attached hydrogens (tertiary/aromatic N) is 1. The number of benzene rings is 1. The molecule has 2 heterocycles. The molecule has 2 aromatic rings. The minimum atomic E-state index is -1.05. The number of aliphatic imine (C=N–C) groups is 1. The number of halogens is 2. The van der Waals surface area contributed by atoms with Crippen LogP contribution in [0.15, 0.2) is 34.2 Å². The van der Waals surface area contributed by atoms with Crippen LogP contribution in [0.25, 0.3) is 0 Å². The quantitative estimate of drug-likeness (QED) is 0.212. The largest absolute Gasteiger partial charge is 0.506 e. The smallest absolute Gasteiger partial charge is 0.308 e. The number of aliphatic hydroxyl groups is 1. The number of hydrogen-bond acceptors (Lipinski definition) is 10. The van der Waals surface area contributed by atoms with Crippen molar-refractivity contribution >= 4 is 52.6 Å². The van der Waals surface area contributed by atoms with Crippen molar-refractivity contribution in [3.05, 3.63) is 55.9 Å². The molecule has 0 spiro atoms. The van der Waals surface area contributed by atoms with Crippen molar-refractivity contribution in [2.45, 2.75) is 25.5 Å². The number of H-pyrrole nitrogens is 1. The predicted molar refractivity (Wildman–Crippen MR) is 140 cm³/mol. The van der Waals surface area contributed by atoms with E-state index in [9.17, 15) is 29.4 Å². The Morgan fingerprint density at radius 3 is 2.71 bits per heavy atom. The monoisotopic (exact) mass is 568 g/mol. The lowest BCUT2D eigenvalue weighted by Gasteiger charge is -2.20. The summed E-state index contributed by atoms with van der Waals surface area (Å²) in [6.45, 7) is 1.63. The van der Waals surface area contributed by atoms with Crippen LogP contribution in [-0.4, -0.2) is 71.3 Å². The highest BCUT2D eigenvalue weighted by atomic mass is 35.5.